The highest BCUT2D eigenvalue weighted by Gasteiger charge is 2.12. The molecule has 5 heteroatoms. The molecule has 3 nitrogen and oxygen atoms in total. The molecule has 0 radical (unpaired) electrons. The van der Waals surface area contributed by atoms with Gasteiger partial charge < -0.3 is 4.74 Å². The summed E-state index contributed by atoms with van der Waals surface area (Å²) in [6.45, 7) is 2.07. The van der Waals surface area contributed by atoms with E-state index in [2.05, 4.69) is 12.6 Å². The number of ether oxygens (including phenoxy) is 1. The summed E-state index contributed by atoms with van der Waals surface area (Å²) in [5.74, 6) is -0.344. The predicted octanol–water partition coefficient (Wildman–Crippen LogP) is 2.61. The summed E-state index contributed by atoms with van der Waals surface area (Å²) in [7, 11) is 0. The Morgan fingerprint density at radius 1 is 1.62 bits per heavy atom. The van der Waals surface area contributed by atoms with Crippen molar-refractivity contribution >= 4 is 30.2 Å². The molecular weight excluding hydrogens is 246 g/mol. The molecule has 1 aromatic carbocycles. The second-order valence-electron chi connectivity index (χ2n) is 3.02. The van der Waals surface area contributed by atoms with E-state index in [9.17, 15) is 4.79 Å². The zero-order valence-electron chi connectivity index (χ0n) is 8.66. The Hall–Kier alpha value is -1.18. The van der Waals surface area contributed by atoms with Crippen molar-refractivity contribution < 1.29 is 9.53 Å². The molecule has 0 aromatic heterocycles. The van der Waals surface area contributed by atoms with Gasteiger partial charge in [-0.1, -0.05) is 17.7 Å². The Labute approximate surface area is 104 Å². The summed E-state index contributed by atoms with van der Waals surface area (Å²) >= 11 is 10.0. The standard InChI is InChI=1S/C11H10ClNO2S/c1-2-15-10(14)5-7-3-4-9(12)8(6-13)11(7)16/h3-4,16H,2,5H2,1H3. The number of carbonyl (C=O) groups excluding carboxylic acids is 1. The van der Waals surface area contributed by atoms with E-state index in [1.807, 2.05) is 6.07 Å². The van der Waals surface area contributed by atoms with Gasteiger partial charge in [0, 0.05) is 4.90 Å². The van der Waals surface area contributed by atoms with E-state index in [1.54, 1.807) is 19.1 Å². The average Bonchev–Trinajstić information content (AvgIpc) is 2.23. The van der Waals surface area contributed by atoms with Gasteiger partial charge in [-0.05, 0) is 18.6 Å². The molecule has 0 aliphatic carbocycles. The second kappa shape index (κ2) is 5.78. The van der Waals surface area contributed by atoms with Crippen LogP contribution in [-0.2, 0) is 16.0 Å². The van der Waals surface area contributed by atoms with Crippen LogP contribution in [-0.4, -0.2) is 12.6 Å². The van der Waals surface area contributed by atoms with Crippen LogP contribution in [0.25, 0.3) is 0 Å². The van der Waals surface area contributed by atoms with Gasteiger partial charge in [-0.15, -0.1) is 12.6 Å². The number of rotatable bonds is 3. The third-order valence-corrected chi connectivity index (χ3v) is 2.79. The van der Waals surface area contributed by atoms with Crippen molar-refractivity contribution in [2.75, 3.05) is 6.61 Å². The first-order chi connectivity index (χ1) is 7.60. The predicted molar refractivity (Wildman–Crippen MR) is 63.8 cm³/mol. The fourth-order valence-corrected chi connectivity index (χ4v) is 1.82. The molecule has 16 heavy (non-hydrogen) atoms. The molecule has 0 amide bonds. The van der Waals surface area contributed by atoms with Gasteiger partial charge in [0.2, 0.25) is 0 Å². The lowest BCUT2D eigenvalue weighted by atomic mass is 10.1. The molecule has 0 bridgehead atoms. The van der Waals surface area contributed by atoms with Gasteiger partial charge in [-0.25, -0.2) is 0 Å². The summed E-state index contributed by atoms with van der Waals surface area (Å²) in [4.78, 5) is 11.7. The molecule has 0 saturated heterocycles. The summed E-state index contributed by atoms with van der Waals surface area (Å²) in [5.41, 5.74) is 0.925. The third-order valence-electron chi connectivity index (χ3n) is 1.96. The summed E-state index contributed by atoms with van der Waals surface area (Å²) in [5, 5.41) is 9.20. The minimum atomic E-state index is -0.344. The van der Waals surface area contributed by atoms with Gasteiger partial charge >= 0.3 is 5.97 Å². The van der Waals surface area contributed by atoms with Crippen LogP contribution in [0.4, 0.5) is 0 Å². The van der Waals surface area contributed by atoms with Crippen LogP contribution in [0.3, 0.4) is 0 Å². The number of halogens is 1. The van der Waals surface area contributed by atoms with Crippen molar-refractivity contribution in [3.8, 4) is 6.07 Å². The van der Waals surface area contributed by atoms with Crippen molar-refractivity contribution in [3.63, 3.8) is 0 Å². The fraction of sp³-hybridized carbons (Fsp3) is 0.273. The van der Waals surface area contributed by atoms with Crippen LogP contribution in [0.2, 0.25) is 5.02 Å². The highest BCUT2D eigenvalue weighted by Crippen LogP contribution is 2.26. The highest BCUT2D eigenvalue weighted by molar-refractivity contribution is 7.80. The van der Waals surface area contributed by atoms with Crippen LogP contribution in [0, 0.1) is 11.3 Å². The second-order valence-corrected chi connectivity index (χ2v) is 3.88. The highest BCUT2D eigenvalue weighted by atomic mass is 35.5. The first kappa shape index (κ1) is 12.9. The number of nitrogens with zero attached hydrogens (tertiary/aromatic N) is 1. The van der Waals surface area contributed by atoms with Gasteiger partial charge in [-0.2, -0.15) is 5.26 Å². The zero-order chi connectivity index (χ0) is 12.1. The molecule has 0 fully saturated rings. The first-order valence-electron chi connectivity index (χ1n) is 4.66. The van der Waals surface area contributed by atoms with Crippen molar-refractivity contribution in [2.24, 2.45) is 0 Å². The topological polar surface area (TPSA) is 50.1 Å². The van der Waals surface area contributed by atoms with Gasteiger partial charge in [0.15, 0.2) is 0 Å². The molecule has 0 aliphatic rings. The maximum Gasteiger partial charge on any atom is 0.310 e. The fourth-order valence-electron chi connectivity index (χ4n) is 1.23. The SMILES string of the molecule is CCOC(=O)Cc1ccc(Cl)c(C#N)c1S. The van der Waals surface area contributed by atoms with E-state index in [0.717, 1.165) is 0 Å². The number of carbonyl (C=O) groups is 1. The molecule has 84 valence electrons. The van der Waals surface area contributed by atoms with Crippen LogP contribution in [0.1, 0.15) is 18.1 Å². The summed E-state index contributed by atoms with van der Waals surface area (Å²) in [6.07, 6.45) is 0.0958. The average molecular weight is 256 g/mol. The van der Waals surface area contributed by atoms with E-state index >= 15 is 0 Å². The Balaban J connectivity index is 2.99. The van der Waals surface area contributed by atoms with Crippen molar-refractivity contribution in [3.05, 3.63) is 28.3 Å². The maximum absolute atomic E-state index is 11.3. The van der Waals surface area contributed by atoms with E-state index < -0.39 is 0 Å². The third kappa shape index (κ3) is 2.91. The number of benzene rings is 1. The van der Waals surface area contributed by atoms with Crippen LogP contribution < -0.4 is 0 Å². The molecule has 0 spiro atoms. The maximum atomic E-state index is 11.3. The molecule has 0 saturated carbocycles. The van der Waals surface area contributed by atoms with E-state index in [1.165, 1.54) is 0 Å². The summed E-state index contributed by atoms with van der Waals surface area (Å²) in [6, 6.07) is 5.20. The van der Waals surface area contributed by atoms with Gasteiger partial charge in [0.25, 0.3) is 0 Å². The van der Waals surface area contributed by atoms with Crippen molar-refractivity contribution in [1.29, 1.82) is 5.26 Å². The monoisotopic (exact) mass is 255 g/mol. The Morgan fingerprint density at radius 2 is 2.31 bits per heavy atom. The van der Waals surface area contributed by atoms with E-state index in [-0.39, 0.29) is 18.0 Å². The largest absolute Gasteiger partial charge is 0.466 e. The number of thiol groups is 1. The molecule has 0 aliphatic heterocycles. The van der Waals surface area contributed by atoms with Crippen LogP contribution in [0.15, 0.2) is 17.0 Å². The van der Waals surface area contributed by atoms with E-state index in [0.29, 0.717) is 22.1 Å². The molecule has 0 heterocycles. The van der Waals surface area contributed by atoms with Crippen molar-refractivity contribution in [1.82, 2.24) is 0 Å². The smallest absolute Gasteiger partial charge is 0.310 e. The first-order valence-corrected chi connectivity index (χ1v) is 5.48. The zero-order valence-corrected chi connectivity index (χ0v) is 10.3. The number of hydrogen-bond acceptors (Lipinski definition) is 4. The van der Waals surface area contributed by atoms with Gasteiger partial charge in [-0.3, -0.25) is 4.79 Å². The van der Waals surface area contributed by atoms with Gasteiger partial charge in [0.1, 0.15) is 6.07 Å². The van der Waals surface area contributed by atoms with Gasteiger partial charge in [0.05, 0.1) is 23.6 Å². The molecule has 0 unspecified atom stereocenters. The lowest BCUT2D eigenvalue weighted by Crippen LogP contribution is -2.08. The Morgan fingerprint density at radius 3 is 2.88 bits per heavy atom. The Kier molecular flexibility index (Phi) is 4.66. The lowest BCUT2D eigenvalue weighted by Gasteiger charge is -2.07. The number of esters is 1. The normalized spacial score (nSPS) is 9.62. The number of nitriles is 1. The quantitative estimate of drug-likeness (QED) is 0.667. The lowest BCUT2D eigenvalue weighted by molar-refractivity contribution is -0.142. The minimum Gasteiger partial charge on any atom is -0.466 e. The summed E-state index contributed by atoms with van der Waals surface area (Å²) < 4.78 is 4.82. The van der Waals surface area contributed by atoms with Crippen LogP contribution in [0.5, 0.6) is 0 Å². The van der Waals surface area contributed by atoms with Crippen LogP contribution >= 0.6 is 24.2 Å². The van der Waals surface area contributed by atoms with Crippen molar-refractivity contribution in [2.45, 2.75) is 18.2 Å². The Bertz CT molecular complexity index is 454. The van der Waals surface area contributed by atoms with E-state index in [4.69, 9.17) is 21.6 Å². The molecule has 1 rings (SSSR count). The molecule has 0 atom stereocenters. The molecular formula is C11H10ClNO2S. The number of hydrogen-bond donors (Lipinski definition) is 1. The minimum absolute atomic E-state index is 0.0958. The molecule has 0 N–H and O–H groups in total. The molecule has 1 aromatic rings.